The van der Waals surface area contributed by atoms with Gasteiger partial charge in [0, 0.05) is 24.4 Å². The lowest BCUT2D eigenvalue weighted by atomic mass is 10.00. The van der Waals surface area contributed by atoms with Crippen molar-refractivity contribution in [1.82, 2.24) is 9.55 Å². The normalized spacial score (nSPS) is 13.3. The molecular formula is C34H66N2. The number of unbranched alkanes of at least 4 members (excludes halogenated alkanes) is 21. The number of imidazole rings is 1. The maximum atomic E-state index is 4.77. The monoisotopic (exact) mass is 503 g/mol. The zero-order chi connectivity index (χ0) is 26.1. The molecule has 0 saturated carbocycles. The Balaban J connectivity index is 2.03. The van der Waals surface area contributed by atoms with Gasteiger partial charge in [-0.25, -0.2) is 4.98 Å². The number of hydrogen-bond donors (Lipinski definition) is 0. The summed E-state index contributed by atoms with van der Waals surface area (Å²) in [6, 6.07) is 0.588. The van der Waals surface area contributed by atoms with Crippen molar-refractivity contribution in [2.24, 2.45) is 0 Å². The molecule has 0 radical (unpaired) electrons. The quantitative estimate of drug-likeness (QED) is 0.109. The second-order valence-electron chi connectivity index (χ2n) is 11.9. The van der Waals surface area contributed by atoms with Crippen LogP contribution < -0.4 is 0 Å². The zero-order valence-corrected chi connectivity index (χ0v) is 25.4. The summed E-state index contributed by atoms with van der Waals surface area (Å²) in [5.41, 5.74) is 0. The molecule has 1 heterocycles. The van der Waals surface area contributed by atoms with Crippen LogP contribution in [-0.2, 0) is 0 Å². The van der Waals surface area contributed by atoms with Gasteiger partial charge in [0.15, 0.2) is 0 Å². The van der Waals surface area contributed by atoms with E-state index in [1.54, 1.807) is 0 Å². The summed E-state index contributed by atoms with van der Waals surface area (Å²) >= 11 is 0. The van der Waals surface area contributed by atoms with Crippen LogP contribution in [0.25, 0.3) is 0 Å². The predicted octanol–water partition coefficient (Wildman–Crippen LogP) is 12.3. The lowest BCUT2D eigenvalue weighted by Crippen LogP contribution is -2.11. The highest BCUT2D eigenvalue weighted by Gasteiger charge is 2.15. The fourth-order valence-electron chi connectivity index (χ4n) is 5.74. The molecule has 2 atom stereocenters. The molecule has 0 bridgehead atoms. The first-order valence-corrected chi connectivity index (χ1v) is 16.7. The molecule has 212 valence electrons. The minimum atomic E-state index is 0.586. The van der Waals surface area contributed by atoms with Gasteiger partial charge in [0.2, 0.25) is 0 Å². The highest BCUT2D eigenvalue weighted by Crippen LogP contribution is 2.26. The molecule has 0 aliphatic rings. The van der Waals surface area contributed by atoms with Gasteiger partial charge in [0.1, 0.15) is 5.82 Å². The van der Waals surface area contributed by atoms with Gasteiger partial charge in [-0.1, -0.05) is 168 Å². The lowest BCUT2D eigenvalue weighted by Gasteiger charge is -2.20. The molecule has 1 aromatic rings. The van der Waals surface area contributed by atoms with E-state index >= 15 is 0 Å². The first kappa shape index (κ1) is 33.2. The van der Waals surface area contributed by atoms with Gasteiger partial charge in [0.25, 0.3) is 0 Å². The van der Waals surface area contributed by atoms with Crippen LogP contribution in [-0.4, -0.2) is 9.55 Å². The Hall–Kier alpha value is -0.790. The van der Waals surface area contributed by atoms with E-state index in [0.717, 1.165) is 0 Å². The van der Waals surface area contributed by atoms with Crippen molar-refractivity contribution in [3.8, 4) is 0 Å². The Labute approximate surface area is 227 Å². The molecule has 0 spiro atoms. The van der Waals surface area contributed by atoms with Crippen molar-refractivity contribution in [3.05, 3.63) is 18.2 Å². The predicted molar refractivity (Wildman–Crippen MR) is 162 cm³/mol. The molecule has 1 aromatic heterocycles. The van der Waals surface area contributed by atoms with Gasteiger partial charge < -0.3 is 4.57 Å². The van der Waals surface area contributed by atoms with Crippen LogP contribution in [0, 0.1) is 0 Å². The fourth-order valence-corrected chi connectivity index (χ4v) is 5.74. The van der Waals surface area contributed by atoms with Crippen molar-refractivity contribution < 1.29 is 0 Å². The molecule has 1 rings (SSSR count). The van der Waals surface area contributed by atoms with Crippen LogP contribution in [0.4, 0.5) is 0 Å². The maximum absolute atomic E-state index is 4.77. The van der Waals surface area contributed by atoms with Gasteiger partial charge in [-0.15, -0.1) is 0 Å². The van der Waals surface area contributed by atoms with Gasteiger partial charge in [-0.3, -0.25) is 0 Å². The molecule has 36 heavy (non-hydrogen) atoms. The minimum absolute atomic E-state index is 0.586. The summed E-state index contributed by atoms with van der Waals surface area (Å²) in [6.45, 7) is 9.40. The summed E-state index contributed by atoms with van der Waals surface area (Å²) < 4.78 is 2.49. The van der Waals surface area contributed by atoms with E-state index in [1.165, 1.54) is 166 Å². The number of nitrogens with zero attached hydrogens (tertiary/aromatic N) is 2. The van der Waals surface area contributed by atoms with E-state index < -0.39 is 0 Å². The van der Waals surface area contributed by atoms with Crippen molar-refractivity contribution in [2.45, 2.75) is 200 Å². The Morgan fingerprint density at radius 1 is 0.528 bits per heavy atom. The summed E-state index contributed by atoms with van der Waals surface area (Å²) in [5, 5.41) is 0. The summed E-state index contributed by atoms with van der Waals surface area (Å²) in [4.78, 5) is 4.77. The first-order chi connectivity index (χ1) is 17.7. The van der Waals surface area contributed by atoms with Gasteiger partial charge >= 0.3 is 0 Å². The topological polar surface area (TPSA) is 17.8 Å². The largest absolute Gasteiger partial charge is 0.332 e. The van der Waals surface area contributed by atoms with E-state index in [9.17, 15) is 0 Å². The van der Waals surface area contributed by atoms with Crippen molar-refractivity contribution in [2.75, 3.05) is 0 Å². The summed E-state index contributed by atoms with van der Waals surface area (Å²) in [7, 11) is 0. The van der Waals surface area contributed by atoms with E-state index in [0.29, 0.717) is 12.0 Å². The Morgan fingerprint density at radius 3 is 1.31 bits per heavy atom. The molecule has 0 amide bonds. The van der Waals surface area contributed by atoms with E-state index in [2.05, 4.69) is 38.5 Å². The highest BCUT2D eigenvalue weighted by molar-refractivity contribution is 5.00. The maximum Gasteiger partial charge on any atom is 0.111 e. The van der Waals surface area contributed by atoms with Gasteiger partial charge in [0.05, 0.1) is 0 Å². The second-order valence-corrected chi connectivity index (χ2v) is 11.9. The van der Waals surface area contributed by atoms with Crippen LogP contribution >= 0.6 is 0 Å². The van der Waals surface area contributed by atoms with Crippen LogP contribution in [0.15, 0.2) is 12.4 Å². The van der Waals surface area contributed by atoms with Crippen LogP contribution in [0.1, 0.15) is 206 Å². The summed E-state index contributed by atoms with van der Waals surface area (Å²) in [5.74, 6) is 1.91. The number of aromatic nitrogens is 2. The van der Waals surface area contributed by atoms with Crippen LogP contribution in [0.3, 0.4) is 0 Å². The molecular weight excluding hydrogens is 436 g/mol. The molecule has 0 saturated heterocycles. The van der Waals surface area contributed by atoms with Crippen molar-refractivity contribution >= 4 is 0 Å². The van der Waals surface area contributed by atoms with Gasteiger partial charge in [-0.2, -0.15) is 0 Å². The van der Waals surface area contributed by atoms with Crippen molar-refractivity contribution in [1.29, 1.82) is 0 Å². The smallest absolute Gasteiger partial charge is 0.111 e. The van der Waals surface area contributed by atoms with E-state index in [-0.39, 0.29) is 0 Å². The minimum Gasteiger partial charge on any atom is -0.332 e. The lowest BCUT2D eigenvalue weighted by molar-refractivity contribution is 0.435. The van der Waals surface area contributed by atoms with E-state index in [4.69, 9.17) is 4.98 Å². The Bertz CT molecular complexity index is 563. The average Bonchev–Trinajstić information content (AvgIpc) is 3.38. The summed E-state index contributed by atoms with van der Waals surface area (Å²) in [6.07, 6.45) is 39.7. The van der Waals surface area contributed by atoms with Gasteiger partial charge in [-0.05, 0) is 19.8 Å². The molecule has 2 nitrogen and oxygen atoms in total. The molecule has 2 unspecified atom stereocenters. The number of rotatable bonds is 27. The van der Waals surface area contributed by atoms with E-state index in [1.807, 2.05) is 6.20 Å². The third-order valence-corrected chi connectivity index (χ3v) is 8.33. The highest BCUT2D eigenvalue weighted by atomic mass is 15.1. The van der Waals surface area contributed by atoms with Crippen molar-refractivity contribution in [3.63, 3.8) is 0 Å². The Morgan fingerprint density at radius 2 is 0.889 bits per heavy atom. The third-order valence-electron chi connectivity index (χ3n) is 8.33. The molecule has 0 N–H and O–H groups in total. The molecule has 0 aromatic carbocycles. The molecule has 2 heteroatoms. The second kappa shape index (κ2) is 24.5. The third kappa shape index (κ3) is 17.6. The average molecular weight is 503 g/mol. The standard InChI is InChI=1S/C34H66N2/c1-5-7-9-11-13-15-16-17-18-19-21-23-25-27-29-33(4)36-31-30-35-34(36)32(3)28-26-24-22-20-14-12-10-8-6-2/h30-33H,5-29H2,1-4H3. The van der Waals surface area contributed by atoms with Crippen LogP contribution in [0.5, 0.6) is 0 Å². The molecule has 0 aliphatic carbocycles. The number of hydrogen-bond acceptors (Lipinski definition) is 1. The fraction of sp³-hybridized carbons (Fsp3) is 0.912. The SMILES string of the molecule is CCCCCCCCCCCCCCCCC(C)n1ccnc1C(C)CCCCCCCCCCC. The molecule has 0 aliphatic heterocycles. The first-order valence-electron chi connectivity index (χ1n) is 16.7. The Kier molecular flexibility index (Phi) is 22.7. The zero-order valence-electron chi connectivity index (χ0n) is 25.4. The molecule has 0 fully saturated rings. The van der Waals surface area contributed by atoms with Crippen LogP contribution in [0.2, 0.25) is 0 Å².